The number of hydrogen-bond acceptors (Lipinski definition) is 4. The molecule has 1 rings (SSSR count). The molecule has 8 heteroatoms. The minimum atomic E-state index is -1.02. The van der Waals surface area contributed by atoms with Crippen molar-refractivity contribution in [3.05, 3.63) is 18.2 Å². The molecule has 2 amide bonds. The fourth-order valence-electron chi connectivity index (χ4n) is 1.43. The Balaban J connectivity index is 2.25. The number of rotatable bonds is 8. The fraction of sp³-hybridized carbons (Fsp3) is 0.545. The number of carbonyl (C=O) groups excluding carboxylic acids is 1. The molecule has 0 aliphatic heterocycles. The number of carboxylic acid groups (broad SMARTS) is 1. The van der Waals surface area contributed by atoms with Gasteiger partial charge in [0.25, 0.3) is 0 Å². The van der Waals surface area contributed by atoms with Crippen molar-refractivity contribution in [2.45, 2.75) is 18.9 Å². The molecule has 4 N–H and O–H groups in total. The molecule has 0 saturated heterocycles. The predicted octanol–water partition coefficient (Wildman–Crippen LogP) is 0.458. The average molecular weight is 286 g/mol. The molecule has 1 aromatic heterocycles. The number of nitrogens with zero attached hydrogens (tertiary/aromatic N) is 1. The largest absolute Gasteiger partial charge is 0.480 e. The lowest BCUT2D eigenvalue weighted by molar-refractivity contribution is -0.139. The van der Waals surface area contributed by atoms with Gasteiger partial charge < -0.3 is 20.7 Å². The van der Waals surface area contributed by atoms with E-state index in [4.69, 9.17) is 5.11 Å². The van der Waals surface area contributed by atoms with Gasteiger partial charge in [-0.15, -0.1) is 0 Å². The SMILES string of the molecule is CSCC[C@@H](NC(=O)NCCc1cnc[nH]1)C(=O)O. The third-order valence-corrected chi connectivity index (χ3v) is 3.09. The van der Waals surface area contributed by atoms with Gasteiger partial charge in [-0.3, -0.25) is 0 Å². The van der Waals surface area contributed by atoms with Crippen LogP contribution in [-0.4, -0.2) is 51.7 Å². The number of carboxylic acids is 1. The van der Waals surface area contributed by atoms with Crippen molar-refractivity contribution >= 4 is 23.8 Å². The van der Waals surface area contributed by atoms with Crippen LogP contribution in [-0.2, 0) is 11.2 Å². The quantitative estimate of drug-likeness (QED) is 0.555. The van der Waals surface area contributed by atoms with E-state index in [2.05, 4.69) is 20.6 Å². The summed E-state index contributed by atoms with van der Waals surface area (Å²) in [4.78, 5) is 29.2. The zero-order chi connectivity index (χ0) is 14.1. The molecule has 19 heavy (non-hydrogen) atoms. The lowest BCUT2D eigenvalue weighted by Crippen LogP contribution is -2.46. The Morgan fingerprint density at radius 1 is 1.58 bits per heavy atom. The molecule has 0 fully saturated rings. The third kappa shape index (κ3) is 6.14. The second-order valence-electron chi connectivity index (χ2n) is 3.90. The van der Waals surface area contributed by atoms with Gasteiger partial charge in [0.1, 0.15) is 6.04 Å². The van der Waals surface area contributed by atoms with E-state index >= 15 is 0 Å². The van der Waals surface area contributed by atoms with Crippen molar-refractivity contribution in [3.8, 4) is 0 Å². The van der Waals surface area contributed by atoms with Crippen LogP contribution >= 0.6 is 11.8 Å². The highest BCUT2D eigenvalue weighted by Gasteiger charge is 2.18. The van der Waals surface area contributed by atoms with Crippen molar-refractivity contribution in [1.29, 1.82) is 0 Å². The summed E-state index contributed by atoms with van der Waals surface area (Å²) >= 11 is 1.54. The van der Waals surface area contributed by atoms with Crippen molar-refractivity contribution in [3.63, 3.8) is 0 Å². The molecule has 0 spiro atoms. The van der Waals surface area contributed by atoms with Crippen LogP contribution in [0, 0.1) is 0 Å². The molecule has 106 valence electrons. The average Bonchev–Trinajstić information content (AvgIpc) is 2.87. The van der Waals surface area contributed by atoms with E-state index in [0.717, 1.165) is 5.69 Å². The molecular weight excluding hydrogens is 268 g/mol. The molecule has 0 radical (unpaired) electrons. The number of H-pyrrole nitrogens is 1. The Morgan fingerprint density at radius 2 is 2.37 bits per heavy atom. The van der Waals surface area contributed by atoms with E-state index in [9.17, 15) is 9.59 Å². The first-order valence-corrected chi connectivity index (χ1v) is 7.26. The molecule has 0 aliphatic carbocycles. The van der Waals surface area contributed by atoms with Crippen LogP contribution in [0.15, 0.2) is 12.5 Å². The van der Waals surface area contributed by atoms with E-state index in [-0.39, 0.29) is 0 Å². The monoisotopic (exact) mass is 286 g/mol. The number of aliphatic carboxylic acids is 1. The van der Waals surface area contributed by atoms with Gasteiger partial charge in [-0.2, -0.15) is 11.8 Å². The molecule has 0 bridgehead atoms. The van der Waals surface area contributed by atoms with Crippen LogP contribution < -0.4 is 10.6 Å². The van der Waals surface area contributed by atoms with Gasteiger partial charge in [-0.25, -0.2) is 14.6 Å². The summed E-state index contributed by atoms with van der Waals surface area (Å²) in [6, 6.07) is -1.31. The van der Waals surface area contributed by atoms with Crippen molar-refractivity contribution in [2.24, 2.45) is 0 Å². The number of imidazole rings is 1. The topological polar surface area (TPSA) is 107 Å². The maximum atomic E-state index is 11.5. The molecule has 1 aromatic rings. The van der Waals surface area contributed by atoms with Crippen molar-refractivity contribution in [1.82, 2.24) is 20.6 Å². The van der Waals surface area contributed by atoms with Crippen LogP contribution in [0.2, 0.25) is 0 Å². The highest BCUT2D eigenvalue weighted by atomic mass is 32.2. The Kier molecular flexibility index (Phi) is 6.80. The highest BCUT2D eigenvalue weighted by molar-refractivity contribution is 7.98. The van der Waals surface area contributed by atoms with Gasteiger partial charge >= 0.3 is 12.0 Å². The van der Waals surface area contributed by atoms with Crippen molar-refractivity contribution < 1.29 is 14.7 Å². The molecule has 0 aliphatic rings. The number of aromatic nitrogens is 2. The van der Waals surface area contributed by atoms with Gasteiger partial charge in [-0.1, -0.05) is 0 Å². The van der Waals surface area contributed by atoms with Crippen LogP contribution in [0.3, 0.4) is 0 Å². The third-order valence-electron chi connectivity index (χ3n) is 2.45. The molecule has 1 heterocycles. The van der Waals surface area contributed by atoms with Gasteiger partial charge in [-0.05, 0) is 18.4 Å². The molecule has 0 aromatic carbocycles. The van der Waals surface area contributed by atoms with Crippen LogP contribution in [0.5, 0.6) is 0 Å². The first kappa shape index (κ1) is 15.4. The minimum absolute atomic E-state index is 0.407. The number of carbonyl (C=O) groups is 2. The molecule has 0 saturated carbocycles. The summed E-state index contributed by atoms with van der Waals surface area (Å²) < 4.78 is 0. The van der Waals surface area contributed by atoms with Gasteiger partial charge in [0, 0.05) is 24.9 Å². The molecule has 1 atom stereocenters. The summed E-state index contributed by atoms with van der Waals surface area (Å²) in [5, 5.41) is 14.0. The number of nitrogens with one attached hydrogen (secondary N) is 3. The second-order valence-corrected chi connectivity index (χ2v) is 4.88. The highest BCUT2D eigenvalue weighted by Crippen LogP contribution is 2.00. The normalized spacial score (nSPS) is 11.8. The Bertz CT molecular complexity index is 397. The van der Waals surface area contributed by atoms with E-state index in [1.54, 1.807) is 24.3 Å². The summed E-state index contributed by atoms with van der Waals surface area (Å²) in [5.41, 5.74) is 0.914. The standard InChI is InChI=1S/C11H18N4O3S/c1-19-5-3-9(10(16)17)15-11(18)13-4-2-8-6-12-7-14-8/h6-7,9H,2-5H2,1H3,(H,12,14)(H,16,17)(H2,13,15,18)/t9-/m1/s1. The Labute approximate surface area is 115 Å². The van der Waals surface area contributed by atoms with E-state index in [1.807, 2.05) is 6.26 Å². The molecule has 7 nitrogen and oxygen atoms in total. The lowest BCUT2D eigenvalue weighted by atomic mass is 10.2. The first-order valence-electron chi connectivity index (χ1n) is 5.87. The van der Waals surface area contributed by atoms with Crippen LogP contribution in [0.4, 0.5) is 4.79 Å². The van der Waals surface area contributed by atoms with Crippen LogP contribution in [0.25, 0.3) is 0 Å². The van der Waals surface area contributed by atoms with E-state index < -0.39 is 18.0 Å². The molecule has 0 unspecified atom stereocenters. The maximum Gasteiger partial charge on any atom is 0.326 e. The number of amides is 2. The zero-order valence-electron chi connectivity index (χ0n) is 10.7. The summed E-state index contributed by atoms with van der Waals surface area (Å²) in [6.45, 7) is 0.420. The number of aromatic amines is 1. The van der Waals surface area contributed by atoms with Gasteiger partial charge in [0.2, 0.25) is 0 Å². The van der Waals surface area contributed by atoms with E-state index in [1.165, 1.54) is 0 Å². The number of hydrogen-bond donors (Lipinski definition) is 4. The summed E-state index contributed by atoms with van der Waals surface area (Å²) in [6.07, 6.45) is 6.17. The van der Waals surface area contributed by atoms with Gasteiger partial charge in [0.05, 0.1) is 6.33 Å². The van der Waals surface area contributed by atoms with E-state index in [0.29, 0.717) is 25.1 Å². The number of urea groups is 1. The summed E-state index contributed by atoms with van der Waals surface area (Å²) in [5.74, 6) is -0.330. The number of thioether (sulfide) groups is 1. The second kappa shape index (κ2) is 8.41. The predicted molar refractivity (Wildman–Crippen MR) is 73.2 cm³/mol. The molecular formula is C11H18N4O3S. The van der Waals surface area contributed by atoms with Gasteiger partial charge in [0.15, 0.2) is 0 Å². The van der Waals surface area contributed by atoms with Crippen molar-refractivity contribution in [2.75, 3.05) is 18.6 Å². The minimum Gasteiger partial charge on any atom is -0.480 e. The fourth-order valence-corrected chi connectivity index (χ4v) is 1.91. The smallest absolute Gasteiger partial charge is 0.326 e. The lowest BCUT2D eigenvalue weighted by Gasteiger charge is -2.14. The Hall–Kier alpha value is -1.70. The van der Waals surface area contributed by atoms with Crippen LogP contribution in [0.1, 0.15) is 12.1 Å². The maximum absolute atomic E-state index is 11.5. The Morgan fingerprint density at radius 3 is 2.95 bits per heavy atom. The summed E-state index contributed by atoms with van der Waals surface area (Å²) in [7, 11) is 0. The zero-order valence-corrected chi connectivity index (χ0v) is 11.5. The first-order chi connectivity index (χ1) is 9.13.